The first-order valence-electron chi connectivity index (χ1n) is 4.40. The van der Waals surface area contributed by atoms with Crippen molar-refractivity contribution in [2.24, 2.45) is 0 Å². The van der Waals surface area contributed by atoms with Gasteiger partial charge in [0, 0.05) is 11.6 Å². The SMILES string of the molecule is Cc1cc(OC(F)F)c2[nH]cc(N)c2c1. The third kappa shape index (κ3) is 1.72. The highest BCUT2D eigenvalue weighted by Gasteiger charge is 2.11. The Morgan fingerprint density at radius 2 is 2.13 bits per heavy atom. The lowest BCUT2D eigenvalue weighted by molar-refractivity contribution is -0.0489. The van der Waals surface area contributed by atoms with E-state index in [2.05, 4.69) is 9.72 Å². The highest BCUT2D eigenvalue weighted by molar-refractivity contribution is 5.95. The summed E-state index contributed by atoms with van der Waals surface area (Å²) >= 11 is 0. The Morgan fingerprint density at radius 1 is 1.40 bits per heavy atom. The molecule has 3 nitrogen and oxygen atoms in total. The zero-order chi connectivity index (χ0) is 11.0. The average Bonchev–Trinajstić information content (AvgIpc) is 2.47. The maximum Gasteiger partial charge on any atom is 0.387 e. The van der Waals surface area contributed by atoms with Crippen LogP contribution in [0.5, 0.6) is 5.75 Å². The Labute approximate surface area is 84.8 Å². The van der Waals surface area contributed by atoms with Crippen LogP contribution in [-0.4, -0.2) is 11.6 Å². The van der Waals surface area contributed by atoms with Crippen LogP contribution in [0, 0.1) is 6.92 Å². The standard InChI is InChI=1S/C10H10F2N2O/c1-5-2-6-7(13)4-14-9(6)8(3-5)15-10(11)12/h2-4,10,14H,13H2,1H3. The summed E-state index contributed by atoms with van der Waals surface area (Å²) < 4.78 is 28.6. The molecule has 0 fully saturated rings. The second-order valence-electron chi connectivity index (χ2n) is 3.31. The van der Waals surface area contributed by atoms with E-state index in [1.807, 2.05) is 6.07 Å². The smallest absolute Gasteiger partial charge is 0.387 e. The first kappa shape index (κ1) is 9.76. The van der Waals surface area contributed by atoms with Crippen LogP contribution in [-0.2, 0) is 0 Å². The first-order chi connectivity index (χ1) is 7.08. The molecule has 5 heteroatoms. The highest BCUT2D eigenvalue weighted by atomic mass is 19.3. The molecule has 2 rings (SSSR count). The lowest BCUT2D eigenvalue weighted by Gasteiger charge is -2.06. The van der Waals surface area contributed by atoms with E-state index in [1.54, 1.807) is 19.2 Å². The van der Waals surface area contributed by atoms with Gasteiger partial charge in [0.15, 0.2) is 0 Å². The number of aromatic nitrogens is 1. The molecule has 0 aliphatic heterocycles. The molecule has 0 aliphatic carbocycles. The van der Waals surface area contributed by atoms with Crippen LogP contribution < -0.4 is 10.5 Å². The lowest BCUT2D eigenvalue weighted by atomic mass is 10.1. The van der Waals surface area contributed by atoms with Gasteiger partial charge < -0.3 is 15.5 Å². The molecule has 1 aromatic heterocycles. The molecule has 2 aromatic rings. The monoisotopic (exact) mass is 212 g/mol. The number of ether oxygens (including phenoxy) is 1. The van der Waals surface area contributed by atoms with Gasteiger partial charge >= 0.3 is 6.61 Å². The van der Waals surface area contributed by atoms with Crippen molar-refractivity contribution in [1.82, 2.24) is 4.98 Å². The lowest BCUT2D eigenvalue weighted by Crippen LogP contribution is -2.02. The molecule has 0 atom stereocenters. The predicted octanol–water partition coefficient (Wildman–Crippen LogP) is 2.66. The van der Waals surface area contributed by atoms with E-state index >= 15 is 0 Å². The van der Waals surface area contributed by atoms with Gasteiger partial charge in [0.1, 0.15) is 5.75 Å². The molecule has 1 heterocycles. The third-order valence-electron chi connectivity index (χ3n) is 2.15. The fourth-order valence-corrected chi connectivity index (χ4v) is 1.55. The number of fused-ring (bicyclic) bond motifs is 1. The molecular weight excluding hydrogens is 202 g/mol. The van der Waals surface area contributed by atoms with Crippen molar-refractivity contribution in [3.8, 4) is 5.75 Å². The molecule has 3 N–H and O–H groups in total. The summed E-state index contributed by atoms with van der Waals surface area (Å²) in [5.41, 5.74) is 7.51. The Balaban J connectivity index is 2.61. The minimum absolute atomic E-state index is 0.122. The van der Waals surface area contributed by atoms with E-state index in [9.17, 15) is 8.78 Å². The number of nitrogens with one attached hydrogen (secondary N) is 1. The van der Waals surface area contributed by atoms with E-state index in [0.717, 1.165) is 5.56 Å². The predicted molar refractivity (Wildman–Crippen MR) is 54.1 cm³/mol. The maximum atomic E-state index is 12.1. The van der Waals surface area contributed by atoms with Crippen LogP contribution in [0.15, 0.2) is 18.3 Å². The Morgan fingerprint density at radius 3 is 2.80 bits per heavy atom. The number of H-pyrrole nitrogens is 1. The van der Waals surface area contributed by atoms with Crippen LogP contribution in [0.4, 0.5) is 14.5 Å². The number of rotatable bonds is 2. The molecule has 0 saturated heterocycles. The fourth-order valence-electron chi connectivity index (χ4n) is 1.55. The number of aryl methyl sites for hydroxylation is 1. The normalized spacial score (nSPS) is 11.2. The summed E-state index contributed by atoms with van der Waals surface area (Å²) in [5, 5.41) is 0.700. The van der Waals surface area contributed by atoms with Gasteiger partial charge in [-0.3, -0.25) is 0 Å². The van der Waals surface area contributed by atoms with Crippen molar-refractivity contribution >= 4 is 16.6 Å². The number of benzene rings is 1. The Hall–Kier alpha value is -1.78. The largest absolute Gasteiger partial charge is 0.433 e. The summed E-state index contributed by atoms with van der Waals surface area (Å²) in [6.45, 7) is -1.04. The fraction of sp³-hybridized carbons (Fsp3) is 0.200. The summed E-state index contributed by atoms with van der Waals surface area (Å²) in [4.78, 5) is 2.81. The number of aromatic amines is 1. The van der Waals surface area contributed by atoms with Gasteiger partial charge in [0.2, 0.25) is 0 Å². The van der Waals surface area contributed by atoms with Gasteiger partial charge in [0.25, 0.3) is 0 Å². The van der Waals surface area contributed by atoms with E-state index in [-0.39, 0.29) is 5.75 Å². The summed E-state index contributed by atoms with van der Waals surface area (Å²) in [5.74, 6) is 0.122. The summed E-state index contributed by atoms with van der Waals surface area (Å²) in [7, 11) is 0. The van der Waals surface area contributed by atoms with Crippen molar-refractivity contribution in [2.75, 3.05) is 5.73 Å². The van der Waals surface area contributed by atoms with Crippen molar-refractivity contribution in [3.05, 3.63) is 23.9 Å². The Bertz CT molecular complexity index is 493. The molecule has 80 valence electrons. The number of alkyl halides is 2. The molecule has 0 spiro atoms. The number of nitrogen functional groups attached to an aromatic ring is 1. The van der Waals surface area contributed by atoms with Crippen molar-refractivity contribution in [1.29, 1.82) is 0 Å². The zero-order valence-corrected chi connectivity index (χ0v) is 8.05. The van der Waals surface area contributed by atoms with Gasteiger partial charge in [0.05, 0.1) is 11.2 Å². The molecular formula is C10H10F2N2O. The van der Waals surface area contributed by atoms with Crippen LogP contribution in [0.2, 0.25) is 0 Å². The number of nitrogens with two attached hydrogens (primary N) is 1. The van der Waals surface area contributed by atoms with Gasteiger partial charge in [-0.25, -0.2) is 0 Å². The average molecular weight is 212 g/mol. The number of anilines is 1. The van der Waals surface area contributed by atoms with E-state index in [1.165, 1.54) is 0 Å². The van der Waals surface area contributed by atoms with Gasteiger partial charge in [-0.2, -0.15) is 8.78 Å². The molecule has 0 bridgehead atoms. The quantitative estimate of drug-likeness (QED) is 0.804. The van der Waals surface area contributed by atoms with Crippen molar-refractivity contribution in [2.45, 2.75) is 13.5 Å². The summed E-state index contributed by atoms with van der Waals surface area (Å²) in [6, 6.07) is 3.37. The van der Waals surface area contributed by atoms with Crippen LogP contribution in [0.25, 0.3) is 10.9 Å². The second-order valence-corrected chi connectivity index (χ2v) is 3.31. The first-order valence-corrected chi connectivity index (χ1v) is 4.40. The molecule has 1 aromatic carbocycles. The van der Waals surface area contributed by atoms with Gasteiger partial charge in [-0.1, -0.05) is 0 Å². The molecule has 0 saturated carbocycles. The van der Waals surface area contributed by atoms with Crippen molar-refractivity contribution < 1.29 is 13.5 Å². The topological polar surface area (TPSA) is 51.0 Å². The second kappa shape index (κ2) is 3.42. The van der Waals surface area contributed by atoms with E-state index < -0.39 is 6.61 Å². The van der Waals surface area contributed by atoms with Gasteiger partial charge in [-0.05, 0) is 24.6 Å². The van der Waals surface area contributed by atoms with Crippen LogP contribution in [0.3, 0.4) is 0 Å². The van der Waals surface area contributed by atoms with Crippen LogP contribution in [0.1, 0.15) is 5.56 Å². The summed E-state index contributed by atoms with van der Waals surface area (Å²) in [6.07, 6.45) is 1.56. The van der Waals surface area contributed by atoms with Crippen LogP contribution >= 0.6 is 0 Å². The van der Waals surface area contributed by atoms with Crippen molar-refractivity contribution in [3.63, 3.8) is 0 Å². The van der Waals surface area contributed by atoms with E-state index in [0.29, 0.717) is 16.6 Å². The Kier molecular flexibility index (Phi) is 2.22. The molecule has 0 aliphatic rings. The van der Waals surface area contributed by atoms with E-state index in [4.69, 9.17) is 5.73 Å². The molecule has 15 heavy (non-hydrogen) atoms. The number of hydrogen-bond donors (Lipinski definition) is 2. The molecule has 0 amide bonds. The number of halogens is 2. The molecule has 0 radical (unpaired) electrons. The minimum Gasteiger partial charge on any atom is -0.433 e. The number of hydrogen-bond acceptors (Lipinski definition) is 2. The third-order valence-corrected chi connectivity index (χ3v) is 2.15. The molecule has 0 unspecified atom stereocenters. The zero-order valence-electron chi connectivity index (χ0n) is 8.05. The highest BCUT2D eigenvalue weighted by Crippen LogP contribution is 2.31. The van der Waals surface area contributed by atoms with Gasteiger partial charge in [-0.15, -0.1) is 0 Å². The minimum atomic E-state index is -2.83. The maximum absolute atomic E-state index is 12.1.